The molecule has 0 aromatic rings. The molecule has 5 aliphatic carbocycles. The Hall–Kier alpha value is -3.36. The van der Waals surface area contributed by atoms with Crippen LogP contribution in [0.1, 0.15) is 61.8 Å². The van der Waals surface area contributed by atoms with E-state index in [2.05, 4.69) is 0 Å². The first kappa shape index (κ1) is 34.1. The van der Waals surface area contributed by atoms with E-state index >= 15 is 0 Å². The van der Waals surface area contributed by atoms with Crippen LogP contribution in [0.5, 0.6) is 0 Å². The van der Waals surface area contributed by atoms with Crippen LogP contribution < -0.4 is 0 Å². The predicted molar refractivity (Wildman–Crippen MR) is 161 cm³/mol. The monoisotopic (exact) mass is 688 g/mol. The van der Waals surface area contributed by atoms with E-state index in [9.17, 15) is 39.0 Å². The molecule has 4 saturated carbocycles. The van der Waals surface area contributed by atoms with Gasteiger partial charge in [-0.1, -0.05) is 20.8 Å². The molecule has 18 atom stereocenters. The Kier molecular flexibility index (Phi) is 7.36. The molecule has 0 aromatic carbocycles. The van der Waals surface area contributed by atoms with Crippen LogP contribution in [0.15, 0.2) is 11.8 Å². The molecular weight excluding hydrogens is 644 g/mol. The number of aliphatic hydroxyl groups excluding tert-OH is 1. The summed E-state index contributed by atoms with van der Waals surface area (Å²) < 4.78 is 35.8. The number of allylic oxidation sites excluding steroid dienone is 1. The van der Waals surface area contributed by atoms with Crippen molar-refractivity contribution in [3.05, 3.63) is 11.8 Å². The number of hydrogen-bond donors (Lipinski definition) is 2. The second-order valence-corrected chi connectivity index (χ2v) is 16.1. The lowest BCUT2D eigenvalue weighted by molar-refractivity contribution is -0.272. The van der Waals surface area contributed by atoms with Crippen molar-refractivity contribution in [3.63, 3.8) is 0 Å². The molecule has 2 saturated heterocycles. The number of hydrogen-bond acceptors (Lipinski definition) is 14. The van der Waals surface area contributed by atoms with Gasteiger partial charge in [-0.05, 0) is 38.2 Å². The summed E-state index contributed by atoms with van der Waals surface area (Å²) in [6, 6.07) is 0. The third kappa shape index (κ3) is 4.10. The lowest BCUT2D eigenvalue weighted by Gasteiger charge is -2.65. The minimum absolute atomic E-state index is 0.196. The van der Waals surface area contributed by atoms with Gasteiger partial charge in [0.2, 0.25) is 0 Å². The number of epoxide rings is 1. The zero-order valence-corrected chi connectivity index (χ0v) is 28.7. The number of aliphatic hydroxyl groups is 2. The fourth-order valence-corrected chi connectivity index (χ4v) is 12.1. The molecule has 7 aliphatic rings. The number of ketones is 1. The van der Waals surface area contributed by atoms with Crippen molar-refractivity contribution >= 4 is 36.1 Å². The summed E-state index contributed by atoms with van der Waals surface area (Å²) in [6.07, 6.45) is -5.38. The topological polar surface area (TPSA) is 202 Å². The number of carbonyl (C=O) groups is 6. The van der Waals surface area contributed by atoms with Crippen molar-refractivity contribution in [2.24, 2.45) is 57.7 Å². The second-order valence-electron chi connectivity index (χ2n) is 16.1. The summed E-state index contributed by atoms with van der Waals surface area (Å²) in [5.74, 6) is -9.23. The average molecular weight is 689 g/mol. The van der Waals surface area contributed by atoms with Crippen LogP contribution >= 0.6 is 0 Å². The lowest BCUT2D eigenvalue weighted by Crippen LogP contribution is -2.74. The van der Waals surface area contributed by atoms with Crippen molar-refractivity contribution in [1.29, 1.82) is 0 Å². The van der Waals surface area contributed by atoms with Crippen LogP contribution in [0.25, 0.3) is 0 Å². The van der Waals surface area contributed by atoms with Gasteiger partial charge >= 0.3 is 23.9 Å². The van der Waals surface area contributed by atoms with Gasteiger partial charge in [-0.3, -0.25) is 24.0 Å². The van der Waals surface area contributed by atoms with Gasteiger partial charge < -0.3 is 38.6 Å². The summed E-state index contributed by atoms with van der Waals surface area (Å²) in [7, 11) is 0. The standard InChI is InChI=1S/C35H44O14/c1-12-9-18-34(7,35(8,43)31(42)49-18)23-20(12)33(6)21(27(23)44-11-36)19-22(28(45-13(2)37)30(33)47-15(4)39)32(5)16(24(40)25(19)41)10-17-26(48-17)29(32)46-14(3)38/h9,11-12,16-17,19-23,25-30,41,43H,10H2,1-8H3/t12-,16-,17+,19+,20+,21-,22-,23+,25-,26+,27-,28+,29+,30+,32+,33-,34+,35-/m1/s1. The molecule has 2 N–H and O–H groups in total. The minimum atomic E-state index is -2.10. The van der Waals surface area contributed by atoms with E-state index in [1.165, 1.54) is 27.7 Å². The van der Waals surface area contributed by atoms with Crippen molar-refractivity contribution in [2.75, 3.05) is 0 Å². The quantitative estimate of drug-likeness (QED) is 0.179. The molecule has 7 rings (SSSR count). The normalized spacial score (nSPS) is 53.1. The molecule has 268 valence electrons. The Morgan fingerprint density at radius 2 is 1.47 bits per heavy atom. The van der Waals surface area contributed by atoms with Gasteiger partial charge in [-0.25, -0.2) is 4.79 Å². The molecule has 14 nitrogen and oxygen atoms in total. The number of Topliss-reactive ketones (excluding diaryl/α,β-unsaturated/α-hetero) is 1. The maximum atomic E-state index is 14.5. The molecule has 49 heavy (non-hydrogen) atoms. The van der Waals surface area contributed by atoms with Crippen LogP contribution in [-0.4, -0.2) is 94.7 Å². The summed E-state index contributed by atoms with van der Waals surface area (Å²) in [5.41, 5.74) is -6.20. The predicted octanol–water partition coefficient (Wildman–Crippen LogP) is 1.02. The molecule has 0 spiro atoms. The smallest absolute Gasteiger partial charge is 0.343 e. The zero-order valence-electron chi connectivity index (χ0n) is 28.7. The van der Waals surface area contributed by atoms with Gasteiger partial charge in [-0.15, -0.1) is 0 Å². The Labute approximate surface area is 283 Å². The molecule has 2 aliphatic heterocycles. The maximum absolute atomic E-state index is 14.5. The van der Waals surface area contributed by atoms with Crippen LogP contribution in [0, 0.1) is 57.7 Å². The van der Waals surface area contributed by atoms with Gasteiger partial charge in [-0.2, -0.15) is 0 Å². The first-order valence-electron chi connectivity index (χ1n) is 16.9. The van der Waals surface area contributed by atoms with Gasteiger partial charge in [0.05, 0.1) is 11.5 Å². The van der Waals surface area contributed by atoms with Gasteiger partial charge in [0.1, 0.15) is 42.4 Å². The number of carbonyl (C=O) groups excluding carboxylic acids is 6. The molecule has 6 fully saturated rings. The van der Waals surface area contributed by atoms with Crippen molar-refractivity contribution < 1.29 is 67.4 Å². The van der Waals surface area contributed by atoms with Gasteiger partial charge in [0.25, 0.3) is 6.47 Å². The van der Waals surface area contributed by atoms with Crippen molar-refractivity contribution in [2.45, 2.75) is 110 Å². The Morgan fingerprint density at radius 3 is 2.06 bits per heavy atom. The molecule has 0 unspecified atom stereocenters. The average Bonchev–Trinajstić information content (AvgIpc) is 3.68. The fraction of sp³-hybridized carbons (Fsp3) is 0.771. The highest BCUT2D eigenvalue weighted by atomic mass is 16.6. The van der Waals surface area contributed by atoms with Crippen LogP contribution in [0.3, 0.4) is 0 Å². The fourth-order valence-electron chi connectivity index (χ4n) is 12.1. The molecular formula is C35H44O14. The van der Waals surface area contributed by atoms with Crippen molar-refractivity contribution in [1.82, 2.24) is 0 Å². The van der Waals surface area contributed by atoms with E-state index in [0.29, 0.717) is 0 Å². The second kappa shape index (κ2) is 10.6. The highest BCUT2D eigenvalue weighted by molar-refractivity contribution is 5.88. The summed E-state index contributed by atoms with van der Waals surface area (Å²) in [5, 5.41) is 24.1. The van der Waals surface area contributed by atoms with Crippen molar-refractivity contribution in [3.8, 4) is 0 Å². The van der Waals surface area contributed by atoms with E-state index in [-0.39, 0.29) is 18.7 Å². The number of fused-ring (bicyclic) bond motifs is 10. The van der Waals surface area contributed by atoms with Crippen LogP contribution in [0.2, 0.25) is 0 Å². The van der Waals surface area contributed by atoms with E-state index in [4.69, 9.17) is 28.4 Å². The SMILES string of the molecule is CC(=O)O[C@H]1[C@H]2[C@H]([C@@H]3[C@@H](OC=O)[C@@H]4[C@H]([C@H](C)C=C5OC(=O)[C@@](C)(O)[C@@]54C)[C@@]3(C)[C@H]1OC(C)=O)[C@@H](O)C(=O)[C@H]1C[C@@H]3O[C@@H]3[C@H](OC(C)=O)[C@]21C. The first-order valence-corrected chi connectivity index (χ1v) is 16.9. The van der Waals surface area contributed by atoms with Crippen LogP contribution in [0.4, 0.5) is 0 Å². The number of rotatable bonds is 5. The maximum Gasteiger partial charge on any atom is 0.343 e. The summed E-state index contributed by atoms with van der Waals surface area (Å²) in [6.45, 7) is 12.3. The van der Waals surface area contributed by atoms with Gasteiger partial charge in [0.15, 0.2) is 11.4 Å². The van der Waals surface area contributed by atoms with E-state index in [0.717, 1.165) is 0 Å². The molecule has 14 heteroatoms. The zero-order chi connectivity index (χ0) is 35.9. The molecule has 0 amide bonds. The Morgan fingerprint density at radius 1 is 0.878 bits per heavy atom. The molecule has 2 heterocycles. The minimum Gasteiger partial charge on any atom is -0.464 e. The molecule has 0 aromatic heterocycles. The highest BCUT2D eigenvalue weighted by Gasteiger charge is 2.83. The third-order valence-corrected chi connectivity index (χ3v) is 14.0. The Balaban J connectivity index is 1.52. The van der Waals surface area contributed by atoms with E-state index in [1.807, 2.05) is 6.92 Å². The first-order chi connectivity index (χ1) is 22.8. The summed E-state index contributed by atoms with van der Waals surface area (Å²) in [4.78, 5) is 78.8. The van der Waals surface area contributed by atoms with E-state index in [1.54, 1.807) is 26.8 Å². The number of ether oxygens (including phenoxy) is 6. The largest absolute Gasteiger partial charge is 0.464 e. The summed E-state index contributed by atoms with van der Waals surface area (Å²) >= 11 is 0. The Bertz CT molecular complexity index is 1570. The lowest BCUT2D eigenvalue weighted by atomic mass is 9.41. The number of esters is 4. The van der Waals surface area contributed by atoms with Gasteiger partial charge in [0, 0.05) is 61.2 Å². The molecule has 0 bridgehead atoms. The van der Waals surface area contributed by atoms with E-state index < -0.39 is 136 Å². The molecule has 0 radical (unpaired) electrons. The van der Waals surface area contributed by atoms with Crippen LogP contribution in [-0.2, 0) is 57.2 Å². The third-order valence-electron chi connectivity index (χ3n) is 14.0. The highest BCUT2D eigenvalue weighted by Crippen LogP contribution is 2.76.